The van der Waals surface area contributed by atoms with Gasteiger partial charge in [0.1, 0.15) is 13.2 Å². The molecule has 0 aliphatic heterocycles. The highest BCUT2D eigenvalue weighted by molar-refractivity contribution is 5.87. The molecule has 0 radical (unpaired) electrons. The Kier molecular flexibility index (Phi) is 21.9. The van der Waals surface area contributed by atoms with Crippen molar-refractivity contribution in [1.82, 2.24) is 19.1 Å². The minimum absolute atomic E-state index is 0.211. The van der Waals surface area contributed by atoms with Crippen molar-refractivity contribution in [3.8, 4) is 0 Å². The van der Waals surface area contributed by atoms with Crippen LogP contribution >= 0.6 is 0 Å². The molecule has 0 aliphatic rings. The lowest BCUT2D eigenvalue weighted by molar-refractivity contribution is -0.141. The quantitative estimate of drug-likeness (QED) is 0.253. The number of hydrogen-bond acceptors (Lipinski definition) is 10. The van der Waals surface area contributed by atoms with E-state index in [1.807, 2.05) is 21.5 Å². The molecule has 2 aromatic heterocycles. The Hall–Kier alpha value is -4.22. The normalized spacial score (nSPS) is 9.00. The molecule has 0 aromatic carbocycles. The van der Waals surface area contributed by atoms with Crippen molar-refractivity contribution in [2.75, 3.05) is 26.4 Å². The summed E-state index contributed by atoms with van der Waals surface area (Å²) in [6, 6.07) is 0. The van der Waals surface area contributed by atoms with Crippen LogP contribution in [0.5, 0.6) is 0 Å². The van der Waals surface area contributed by atoms with Gasteiger partial charge in [-0.05, 0) is 27.7 Å². The molecule has 0 amide bonds. The third-order valence-electron chi connectivity index (χ3n) is 3.68. The van der Waals surface area contributed by atoms with Crippen LogP contribution in [0, 0.1) is 0 Å². The second-order valence-corrected chi connectivity index (χ2v) is 7.28. The Bertz CT molecular complexity index is 954. The summed E-state index contributed by atoms with van der Waals surface area (Å²) in [5, 5.41) is 0. The van der Waals surface area contributed by atoms with Crippen molar-refractivity contribution >= 4 is 23.9 Å². The zero-order valence-corrected chi connectivity index (χ0v) is 23.2. The van der Waals surface area contributed by atoms with Crippen molar-refractivity contribution in [2.45, 2.75) is 54.6 Å². The van der Waals surface area contributed by atoms with Gasteiger partial charge in [-0.15, -0.1) is 0 Å². The number of carbonyl (C=O) groups excluding carboxylic acids is 4. The van der Waals surface area contributed by atoms with Gasteiger partial charge in [0.2, 0.25) is 0 Å². The van der Waals surface area contributed by atoms with E-state index in [0.29, 0.717) is 50.7 Å². The van der Waals surface area contributed by atoms with E-state index in [0.717, 1.165) is 0 Å². The molecule has 2 aromatic rings. The molecular formula is C26H40N4O8. The van der Waals surface area contributed by atoms with Gasteiger partial charge in [0.25, 0.3) is 0 Å². The molecule has 12 nitrogen and oxygen atoms in total. The largest absolute Gasteiger partial charge is 0.466 e. The topological polar surface area (TPSA) is 141 Å². The molecule has 0 aliphatic carbocycles. The fourth-order valence-corrected chi connectivity index (χ4v) is 1.96. The van der Waals surface area contributed by atoms with E-state index in [4.69, 9.17) is 9.47 Å². The Labute approximate surface area is 224 Å². The average molecular weight is 537 g/mol. The zero-order valence-electron chi connectivity index (χ0n) is 23.2. The summed E-state index contributed by atoms with van der Waals surface area (Å²) in [5.74, 6) is -1.12. The molecular weight excluding hydrogens is 496 g/mol. The maximum Gasteiger partial charge on any atom is 0.333 e. The third-order valence-corrected chi connectivity index (χ3v) is 3.68. The van der Waals surface area contributed by atoms with Crippen molar-refractivity contribution in [2.24, 2.45) is 0 Å². The van der Waals surface area contributed by atoms with Gasteiger partial charge in [0, 0.05) is 49.8 Å². The van der Waals surface area contributed by atoms with E-state index in [1.165, 1.54) is 13.8 Å². The van der Waals surface area contributed by atoms with E-state index < -0.39 is 0 Å². The van der Waals surface area contributed by atoms with Gasteiger partial charge in [-0.1, -0.05) is 13.2 Å². The molecule has 0 N–H and O–H groups in total. The SMILES string of the molecule is C=C(C)C(=O)OCC.C=C(C)C(=O)OCCn1ccnc1.CC(=O)OCCn1ccnc1.CCOC(C)=O. The van der Waals surface area contributed by atoms with E-state index in [1.54, 1.807) is 52.7 Å². The molecule has 0 fully saturated rings. The zero-order chi connectivity index (χ0) is 29.3. The van der Waals surface area contributed by atoms with E-state index >= 15 is 0 Å². The van der Waals surface area contributed by atoms with Crippen LogP contribution < -0.4 is 0 Å². The molecule has 0 saturated heterocycles. The van der Waals surface area contributed by atoms with E-state index in [9.17, 15) is 19.2 Å². The lowest BCUT2D eigenvalue weighted by atomic mass is 10.4. The standard InChI is InChI=1S/C9H12N2O2.C7H10N2O2.C6H10O2.C4H8O2/c1-8(2)9(12)13-6-5-11-4-3-10-7-11;1-7(10)11-5-4-9-3-2-8-6-9;1-4-8-6(7)5(2)3;1-3-6-4(2)5/h3-4,7H,1,5-6H2,2H3;2-3,6H,4-5H2,1H3;2,4H2,1,3H3;3H2,1-2H3. The van der Waals surface area contributed by atoms with Crippen LogP contribution in [-0.4, -0.2) is 69.4 Å². The summed E-state index contributed by atoms with van der Waals surface area (Å²) in [6.45, 7) is 19.4. The van der Waals surface area contributed by atoms with Gasteiger partial charge < -0.3 is 28.1 Å². The van der Waals surface area contributed by atoms with Crippen molar-refractivity contribution < 1.29 is 38.1 Å². The van der Waals surface area contributed by atoms with Crippen LogP contribution in [0.25, 0.3) is 0 Å². The lowest BCUT2D eigenvalue weighted by Gasteiger charge is -2.04. The molecule has 212 valence electrons. The molecule has 0 saturated carbocycles. The molecule has 2 heterocycles. The highest BCUT2D eigenvalue weighted by atomic mass is 16.5. The van der Waals surface area contributed by atoms with Crippen LogP contribution in [-0.2, 0) is 51.2 Å². The Morgan fingerprint density at radius 2 is 1.05 bits per heavy atom. The Morgan fingerprint density at radius 1 is 0.658 bits per heavy atom. The minimum Gasteiger partial charge on any atom is -0.466 e. The fraction of sp³-hybridized carbons (Fsp3) is 0.462. The highest BCUT2D eigenvalue weighted by Gasteiger charge is 2.01. The number of hydrogen-bond donors (Lipinski definition) is 0. The van der Waals surface area contributed by atoms with Crippen LogP contribution in [0.15, 0.2) is 61.7 Å². The van der Waals surface area contributed by atoms with Gasteiger partial charge in [0.05, 0.1) is 39.0 Å². The van der Waals surface area contributed by atoms with E-state index in [-0.39, 0.29) is 23.9 Å². The van der Waals surface area contributed by atoms with E-state index in [2.05, 4.69) is 32.6 Å². The first kappa shape index (κ1) is 35.9. The number of imidazole rings is 2. The summed E-state index contributed by atoms with van der Waals surface area (Å²) >= 11 is 0. The minimum atomic E-state index is -0.347. The first-order valence-corrected chi connectivity index (χ1v) is 11.8. The number of carbonyl (C=O) groups is 4. The predicted molar refractivity (Wildman–Crippen MR) is 141 cm³/mol. The van der Waals surface area contributed by atoms with Gasteiger partial charge >= 0.3 is 23.9 Å². The van der Waals surface area contributed by atoms with Gasteiger partial charge in [-0.25, -0.2) is 19.6 Å². The first-order valence-electron chi connectivity index (χ1n) is 11.8. The van der Waals surface area contributed by atoms with Crippen LogP contribution in [0.1, 0.15) is 41.5 Å². The molecule has 0 spiro atoms. The number of ether oxygens (including phenoxy) is 4. The maximum absolute atomic E-state index is 10.9. The molecule has 38 heavy (non-hydrogen) atoms. The van der Waals surface area contributed by atoms with Crippen LogP contribution in [0.4, 0.5) is 0 Å². The molecule has 2 rings (SSSR count). The summed E-state index contributed by atoms with van der Waals surface area (Å²) in [6.07, 6.45) is 10.4. The van der Waals surface area contributed by atoms with Crippen LogP contribution in [0.2, 0.25) is 0 Å². The first-order chi connectivity index (χ1) is 17.9. The molecule has 0 atom stereocenters. The smallest absolute Gasteiger partial charge is 0.333 e. The lowest BCUT2D eigenvalue weighted by Crippen LogP contribution is -2.10. The number of esters is 4. The summed E-state index contributed by atoms with van der Waals surface area (Å²) in [4.78, 5) is 49.2. The third kappa shape index (κ3) is 23.5. The van der Waals surface area contributed by atoms with Gasteiger partial charge in [-0.2, -0.15) is 0 Å². The van der Waals surface area contributed by atoms with Crippen molar-refractivity contribution in [3.63, 3.8) is 0 Å². The summed E-state index contributed by atoms with van der Waals surface area (Å²) < 4.78 is 22.3. The fourth-order valence-electron chi connectivity index (χ4n) is 1.96. The Balaban J connectivity index is 0. The molecule has 12 heteroatoms. The molecule has 0 unspecified atom stereocenters. The molecule has 0 bridgehead atoms. The second kappa shape index (κ2) is 23.2. The average Bonchev–Trinajstić information content (AvgIpc) is 3.55. The second-order valence-electron chi connectivity index (χ2n) is 7.28. The van der Waals surface area contributed by atoms with Crippen molar-refractivity contribution in [1.29, 1.82) is 0 Å². The number of aromatic nitrogens is 4. The Morgan fingerprint density at radius 3 is 1.32 bits per heavy atom. The van der Waals surface area contributed by atoms with Crippen LogP contribution in [0.3, 0.4) is 0 Å². The van der Waals surface area contributed by atoms with Gasteiger partial charge in [-0.3, -0.25) is 9.59 Å². The van der Waals surface area contributed by atoms with Gasteiger partial charge in [0.15, 0.2) is 0 Å². The predicted octanol–water partition coefficient (Wildman–Crippen LogP) is 3.14. The highest BCUT2D eigenvalue weighted by Crippen LogP contribution is 1.93. The van der Waals surface area contributed by atoms with Crippen molar-refractivity contribution in [3.05, 3.63) is 61.7 Å². The summed E-state index contributed by atoms with van der Waals surface area (Å²) in [7, 11) is 0. The monoisotopic (exact) mass is 536 g/mol. The summed E-state index contributed by atoms with van der Waals surface area (Å²) in [5.41, 5.74) is 0.873. The number of nitrogens with zero attached hydrogens (tertiary/aromatic N) is 4. The maximum atomic E-state index is 10.9. The number of rotatable bonds is 10.